The minimum Gasteiger partial charge on any atom is -0.508 e. The standard InChI is InChI=1S/C12H18N2O3/c1-8(2)3-4-13-12(17)14-9-5-10(15)7-11(16)6-9/h5-8,15-16H,3-4H2,1-2H3,(H2,13,14,17). The third kappa shape index (κ3) is 5.10. The number of hydrogen-bond donors (Lipinski definition) is 4. The summed E-state index contributed by atoms with van der Waals surface area (Å²) in [6, 6.07) is 3.57. The van der Waals surface area contributed by atoms with Gasteiger partial charge in [-0.1, -0.05) is 13.8 Å². The molecule has 1 aromatic carbocycles. The van der Waals surface area contributed by atoms with Gasteiger partial charge in [-0.3, -0.25) is 0 Å². The van der Waals surface area contributed by atoms with E-state index in [0.29, 0.717) is 18.2 Å². The Morgan fingerprint density at radius 2 is 1.82 bits per heavy atom. The lowest BCUT2D eigenvalue weighted by molar-refractivity contribution is 0.251. The molecule has 5 heteroatoms. The van der Waals surface area contributed by atoms with Gasteiger partial charge in [-0.15, -0.1) is 0 Å². The summed E-state index contributed by atoms with van der Waals surface area (Å²) in [5, 5.41) is 23.7. The number of benzene rings is 1. The predicted molar refractivity (Wildman–Crippen MR) is 66.2 cm³/mol. The lowest BCUT2D eigenvalue weighted by Gasteiger charge is -2.09. The molecule has 0 atom stereocenters. The number of urea groups is 1. The van der Waals surface area contributed by atoms with Crippen LogP contribution in [0.3, 0.4) is 0 Å². The molecule has 0 heterocycles. The minimum atomic E-state index is -0.351. The van der Waals surface area contributed by atoms with Crippen molar-refractivity contribution in [3.05, 3.63) is 18.2 Å². The molecule has 1 rings (SSSR count). The third-order valence-electron chi connectivity index (χ3n) is 2.17. The quantitative estimate of drug-likeness (QED) is 0.649. The third-order valence-corrected chi connectivity index (χ3v) is 2.17. The number of carbonyl (C=O) groups is 1. The molecule has 0 radical (unpaired) electrons. The molecule has 1 aromatic rings. The highest BCUT2D eigenvalue weighted by molar-refractivity contribution is 5.89. The van der Waals surface area contributed by atoms with Gasteiger partial charge < -0.3 is 20.8 Å². The SMILES string of the molecule is CC(C)CCNC(=O)Nc1cc(O)cc(O)c1. The van der Waals surface area contributed by atoms with Crippen molar-refractivity contribution in [2.75, 3.05) is 11.9 Å². The average Bonchev–Trinajstić information content (AvgIpc) is 2.14. The largest absolute Gasteiger partial charge is 0.508 e. The minimum absolute atomic E-state index is 0.0949. The molecular formula is C12H18N2O3. The second kappa shape index (κ2) is 5.98. The molecule has 94 valence electrons. The first-order chi connectivity index (χ1) is 7.97. The van der Waals surface area contributed by atoms with E-state index in [-0.39, 0.29) is 17.5 Å². The molecule has 0 fully saturated rings. The monoisotopic (exact) mass is 238 g/mol. The summed E-state index contributed by atoms with van der Waals surface area (Å²) in [7, 11) is 0. The molecule has 0 aliphatic carbocycles. The Hall–Kier alpha value is -1.91. The van der Waals surface area contributed by atoms with Crippen LogP contribution in [0.5, 0.6) is 11.5 Å². The Balaban J connectivity index is 2.45. The van der Waals surface area contributed by atoms with E-state index < -0.39 is 0 Å². The van der Waals surface area contributed by atoms with Gasteiger partial charge in [-0.2, -0.15) is 0 Å². The predicted octanol–water partition coefficient (Wildman–Crippen LogP) is 2.27. The van der Waals surface area contributed by atoms with E-state index in [1.165, 1.54) is 18.2 Å². The van der Waals surface area contributed by atoms with Gasteiger partial charge in [0.2, 0.25) is 0 Å². The van der Waals surface area contributed by atoms with Crippen molar-refractivity contribution in [3.8, 4) is 11.5 Å². The maximum Gasteiger partial charge on any atom is 0.319 e. The number of phenolic OH excluding ortho intramolecular Hbond substituents is 2. The van der Waals surface area contributed by atoms with E-state index >= 15 is 0 Å². The molecule has 0 saturated heterocycles. The summed E-state index contributed by atoms with van der Waals surface area (Å²) in [6.45, 7) is 4.74. The summed E-state index contributed by atoms with van der Waals surface area (Å²) < 4.78 is 0. The van der Waals surface area contributed by atoms with E-state index in [4.69, 9.17) is 0 Å². The Kier molecular flexibility index (Phi) is 4.63. The first-order valence-corrected chi connectivity index (χ1v) is 5.55. The van der Waals surface area contributed by atoms with Crippen molar-refractivity contribution in [1.29, 1.82) is 0 Å². The first kappa shape index (κ1) is 13.2. The van der Waals surface area contributed by atoms with E-state index in [0.717, 1.165) is 6.42 Å². The smallest absolute Gasteiger partial charge is 0.319 e. The van der Waals surface area contributed by atoms with Gasteiger partial charge in [0.1, 0.15) is 11.5 Å². The van der Waals surface area contributed by atoms with Gasteiger partial charge >= 0.3 is 6.03 Å². The molecule has 0 unspecified atom stereocenters. The number of amides is 2. The van der Waals surface area contributed by atoms with Crippen molar-refractivity contribution < 1.29 is 15.0 Å². The molecule has 2 amide bonds. The number of aromatic hydroxyl groups is 2. The van der Waals surface area contributed by atoms with Crippen LogP contribution in [-0.2, 0) is 0 Å². The maximum absolute atomic E-state index is 11.4. The highest BCUT2D eigenvalue weighted by atomic mass is 16.3. The average molecular weight is 238 g/mol. The van der Waals surface area contributed by atoms with Crippen LogP contribution in [0.4, 0.5) is 10.5 Å². The zero-order valence-corrected chi connectivity index (χ0v) is 10.0. The second-order valence-electron chi connectivity index (χ2n) is 4.30. The number of phenols is 2. The van der Waals surface area contributed by atoms with Gasteiger partial charge in [0, 0.05) is 30.4 Å². The van der Waals surface area contributed by atoms with Gasteiger partial charge in [0.05, 0.1) is 0 Å². The zero-order chi connectivity index (χ0) is 12.8. The van der Waals surface area contributed by atoms with Crippen LogP contribution in [-0.4, -0.2) is 22.8 Å². The molecule has 0 aliphatic rings. The molecule has 0 aliphatic heterocycles. The molecule has 0 spiro atoms. The number of carbonyl (C=O) groups excluding carboxylic acids is 1. The van der Waals surface area contributed by atoms with Crippen LogP contribution < -0.4 is 10.6 Å². The van der Waals surface area contributed by atoms with Crippen LogP contribution in [0, 0.1) is 5.92 Å². The summed E-state index contributed by atoms with van der Waals surface area (Å²) in [5.74, 6) is 0.338. The van der Waals surface area contributed by atoms with E-state index in [1.54, 1.807) is 0 Å². The fraction of sp³-hybridized carbons (Fsp3) is 0.417. The highest BCUT2D eigenvalue weighted by Gasteiger charge is 2.04. The number of rotatable bonds is 4. The molecule has 17 heavy (non-hydrogen) atoms. The zero-order valence-electron chi connectivity index (χ0n) is 10.0. The Labute approximate surface area is 100 Å². The van der Waals surface area contributed by atoms with E-state index in [2.05, 4.69) is 24.5 Å². The number of anilines is 1. The van der Waals surface area contributed by atoms with Crippen LogP contribution in [0.25, 0.3) is 0 Å². The van der Waals surface area contributed by atoms with Gasteiger partial charge in [-0.05, 0) is 12.3 Å². The van der Waals surface area contributed by atoms with Crippen molar-refractivity contribution in [2.24, 2.45) is 5.92 Å². The summed E-state index contributed by atoms with van der Waals surface area (Å²) in [6.07, 6.45) is 0.901. The van der Waals surface area contributed by atoms with Gasteiger partial charge in [-0.25, -0.2) is 4.79 Å². The van der Waals surface area contributed by atoms with Crippen LogP contribution >= 0.6 is 0 Å². The lowest BCUT2D eigenvalue weighted by atomic mass is 10.1. The molecule has 0 aromatic heterocycles. The Morgan fingerprint density at radius 1 is 1.24 bits per heavy atom. The molecule has 0 bridgehead atoms. The van der Waals surface area contributed by atoms with Crippen LogP contribution in [0.1, 0.15) is 20.3 Å². The maximum atomic E-state index is 11.4. The molecular weight excluding hydrogens is 220 g/mol. The second-order valence-corrected chi connectivity index (χ2v) is 4.30. The number of hydrogen-bond acceptors (Lipinski definition) is 3. The fourth-order valence-corrected chi connectivity index (χ4v) is 1.32. The summed E-state index contributed by atoms with van der Waals surface area (Å²) in [4.78, 5) is 11.4. The van der Waals surface area contributed by atoms with Crippen molar-refractivity contribution in [3.63, 3.8) is 0 Å². The lowest BCUT2D eigenvalue weighted by Crippen LogP contribution is -2.30. The molecule has 0 saturated carbocycles. The van der Waals surface area contributed by atoms with Crippen molar-refractivity contribution in [2.45, 2.75) is 20.3 Å². The fourth-order valence-electron chi connectivity index (χ4n) is 1.32. The van der Waals surface area contributed by atoms with E-state index in [9.17, 15) is 15.0 Å². The van der Waals surface area contributed by atoms with Crippen LogP contribution in [0.15, 0.2) is 18.2 Å². The summed E-state index contributed by atoms with van der Waals surface area (Å²) in [5.41, 5.74) is 0.351. The normalized spacial score (nSPS) is 10.3. The summed E-state index contributed by atoms with van der Waals surface area (Å²) >= 11 is 0. The topological polar surface area (TPSA) is 81.6 Å². The molecule has 5 nitrogen and oxygen atoms in total. The highest BCUT2D eigenvalue weighted by Crippen LogP contribution is 2.23. The molecule has 4 N–H and O–H groups in total. The van der Waals surface area contributed by atoms with Crippen molar-refractivity contribution in [1.82, 2.24) is 5.32 Å². The van der Waals surface area contributed by atoms with Gasteiger partial charge in [0.15, 0.2) is 0 Å². The number of nitrogens with one attached hydrogen (secondary N) is 2. The van der Waals surface area contributed by atoms with Gasteiger partial charge in [0.25, 0.3) is 0 Å². The Bertz CT molecular complexity index is 371. The Morgan fingerprint density at radius 3 is 2.35 bits per heavy atom. The van der Waals surface area contributed by atoms with Crippen molar-refractivity contribution >= 4 is 11.7 Å². The van der Waals surface area contributed by atoms with E-state index in [1.807, 2.05) is 0 Å². The first-order valence-electron chi connectivity index (χ1n) is 5.55. The van der Waals surface area contributed by atoms with Crippen LogP contribution in [0.2, 0.25) is 0 Å².